The van der Waals surface area contributed by atoms with Gasteiger partial charge in [0.05, 0.1) is 0 Å². The topological polar surface area (TPSA) is 78.0 Å². The molecule has 0 unspecified atom stereocenters. The summed E-state index contributed by atoms with van der Waals surface area (Å²) in [5.41, 5.74) is 6.96. The van der Waals surface area contributed by atoms with Crippen LogP contribution in [-0.2, 0) is 24.1 Å². The number of aromatic amines is 1. The van der Waals surface area contributed by atoms with E-state index in [1.807, 2.05) is 12.1 Å². The molecule has 0 fully saturated rings. The fraction of sp³-hybridized carbons (Fsp3) is 0.259. The van der Waals surface area contributed by atoms with Gasteiger partial charge >= 0.3 is 5.97 Å². The Morgan fingerprint density at radius 1 is 0.906 bits per heavy atom. The van der Waals surface area contributed by atoms with Crippen molar-refractivity contribution < 1.29 is 9.90 Å². The van der Waals surface area contributed by atoms with Crippen LogP contribution in [0.15, 0.2) is 73.1 Å². The first kappa shape index (κ1) is 21.6. The fourth-order valence-corrected chi connectivity index (χ4v) is 4.02. The Morgan fingerprint density at radius 3 is 2.59 bits per heavy atom. The third kappa shape index (κ3) is 5.97. The summed E-state index contributed by atoms with van der Waals surface area (Å²) in [4.78, 5) is 18.4. The van der Waals surface area contributed by atoms with Gasteiger partial charge in [-0.3, -0.25) is 9.78 Å². The summed E-state index contributed by atoms with van der Waals surface area (Å²) in [6.07, 6.45) is 9.67. The number of carboxylic acids is 1. The van der Waals surface area contributed by atoms with Crippen molar-refractivity contribution in [2.24, 2.45) is 0 Å². The number of H-pyrrole nitrogens is 1. The number of fused-ring (bicyclic) bond motifs is 1. The largest absolute Gasteiger partial charge is 0.481 e. The lowest BCUT2D eigenvalue weighted by Crippen LogP contribution is -1.97. The first-order valence-electron chi connectivity index (χ1n) is 11.2. The molecule has 0 saturated carbocycles. The van der Waals surface area contributed by atoms with Crippen molar-refractivity contribution in [1.82, 2.24) is 9.97 Å². The molecule has 2 aromatic heterocycles. The van der Waals surface area contributed by atoms with Crippen LogP contribution in [0.5, 0.6) is 0 Å². The van der Waals surface area contributed by atoms with Gasteiger partial charge in [-0.2, -0.15) is 0 Å². The highest BCUT2D eigenvalue weighted by atomic mass is 16.4. The molecule has 5 heteroatoms. The highest BCUT2D eigenvalue weighted by Gasteiger charge is 2.04. The zero-order valence-corrected chi connectivity index (χ0v) is 18.2. The summed E-state index contributed by atoms with van der Waals surface area (Å²) in [6, 6.07) is 21.1. The van der Waals surface area contributed by atoms with E-state index in [9.17, 15) is 4.79 Å². The summed E-state index contributed by atoms with van der Waals surface area (Å²) >= 11 is 0. The number of aromatic nitrogens is 2. The number of nitrogens with zero attached hydrogens (tertiary/aromatic N) is 1. The average Bonchev–Trinajstić information content (AvgIpc) is 3.21. The number of carbonyl (C=O) groups is 1. The lowest BCUT2D eigenvalue weighted by Gasteiger charge is -2.09. The third-order valence-electron chi connectivity index (χ3n) is 5.72. The molecule has 0 atom stereocenters. The standard InChI is InChI=1S/C27H29N3O2/c31-27(32)11-4-1-8-23-18-24(16-17-28-23)30-22-14-12-20(13-15-22)6-5-7-21-19-29-26-10-3-2-9-25(21)26/h2-3,9-10,12-19,29H,1,4-8,11H2,(H,28,30)(H,31,32). The Morgan fingerprint density at radius 2 is 1.75 bits per heavy atom. The van der Waals surface area contributed by atoms with Crippen molar-refractivity contribution in [1.29, 1.82) is 0 Å². The van der Waals surface area contributed by atoms with Crippen LogP contribution < -0.4 is 5.32 Å². The quantitative estimate of drug-likeness (QED) is 0.246. The van der Waals surface area contributed by atoms with E-state index in [0.29, 0.717) is 6.42 Å². The Kier molecular flexibility index (Phi) is 7.18. The van der Waals surface area contributed by atoms with E-state index in [2.05, 4.69) is 70.0 Å². The van der Waals surface area contributed by atoms with Crippen LogP contribution in [0.3, 0.4) is 0 Å². The molecule has 0 aliphatic rings. The maximum Gasteiger partial charge on any atom is 0.303 e. The molecular weight excluding hydrogens is 398 g/mol. The molecule has 0 spiro atoms. The summed E-state index contributed by atoms with van der Waals surface area (Å²) in [5, 5.41) is 13.5. The normalized spacial score (nSPS) is 11.0. The van der Waals surface area contributed by atoms with E-state index in [4.69, 9.17) is 5.11 Å². The number of hydrogen-bond donors (Lipinski definition) is 3. The first-order valence-corrected chi connectivity index (χ1v) is 11.2. The number of nitrogens with one attached hydrogen (secondary N) is 2. The monoisotopic (exact) mass is 427 g/mol. The second kappa shape index (κ2) is 10.6. The number of carboxylic acid groups (broad SMARTS) is 1. The molecule has 0 saturated heterocycles. The van der Waals surface area contributed by atoms with Gasteiger partial charge in [0.25, 0.3) is 0 Å². The van der Waals surface area contributed by atoms with Crippen LogP contribution in [0.1, 0.15) is 42.5 Å². The van der Waals surface area contributed by atoms with E-state index < -0.39 is 5.97 Å². The van der Waals surface area contributed by atoms with Crippen LogP contribution >= 0.6 is 0 Å². The van der Waals surface area contributed by atoms with E-state index in [0.717, 1.165) is 49.2 Å². The zero-order valence-electron chi connectivity index (χ0n) is 18.2. The summed E-state index contributed by atoms with van der Waals surface area (Å²) in [6.45, 7) is 0. The van der Waals surface area contributed by atoms with Crippen LogP contribution in [0, 0.1) is 0 Å². The SMILES string of the molecule is O=C(O)CCCCc1cc(Nc2ccc(CCCc3c[nH]c4ccccc34)cc2)ccn1. The van der Waals surface area contributed by atoms with E-state index in [1.165, 1.54) is 22.0 Å². The fourth-order valence-electron chi connectivity index (χ4n) is 4.02. The molecule has 4 aromatic rings. The predicted octanol–water partition coefficient (Wildman–Crippen LogP) is 6.28. The second-order valence-electron chi connectivity index (χ2n) is 8.17. The molecule has 164 valence electrons. The number of pyridine rings is 1. The van der Waals surface area contributed by atoms with Crippen molar-refractivity contribution in [2.75, 3.05) is 5.32 Å². The average molecular weight is 428 g/mol. The van der Waals surface area contributed by atoms with Gasteiger partial charge in [-0.1, -0.05) is 30.3 Å². The molecular formula is C27H29N3O2. The molecule has 0 radical (unpaired) electrons. The lowest BCUT2D eigenvalue weighted by molar-refractivity contribution is -0.137. The van der Waals surface area contributed by atoms with Crippen molar-refractivity contribution in [3.63, 3.8) is 0 Å². The number of rotatable bonds is 11. The van der Waals surface area contributed by atoms with Crippen molar-refractivity contribution in [2.45, 2.75) is 44.9 Å². The van der Waals surface area contributed by atoms with Gasteiger partial charge < -0.3 is 15.4 Å². The minimum atomic E-state index is -0.741. The highest BCUT2D eigenvalue weighted by Crippen LogP contribution is 2.21. The highest BCUT2D eigenvalue weighted by molar-refractivity contribution is 5.83. The van der Waals surface area contributed by atoms with E-state index in [-0.39, 0.29) is 6.42 Å². The molecule has 0 aliphatic carbocycles. The molecule has 2 aromatic carbocycles. The van der Waals surface area contributed by atoms with Gasteiger partial charge in [0.1, 0.15) is 0 Å². The van der Waals surface area contributed by atoms with Gasteiger partial charge in [0.2, 0.25) is 0 Å². The van der Waals surface area contributed by atoms with Crippen LogP contribution in [0.4, 0.5) is 11.4 Å². The van der Waals surface area contributed by atoms with Gasteiger partial charge in [0, 0.05) is 46.8 Å². The minimum absolute atomic E-state index is 0.214. The Labute approximate surface area is 188 Å². The zero-order chi connectivity index (χ0) is 22.2. The Hall–Kier alpha value is -3.60. The van der Waals surface area contributed by atoms with Gasteiger partial charge in [-0.25, -0.2) is 0 Å². The molecule has 3 N–H and O–H groups in total. The third-order valence-corrected chi connectivity index (χ3v) is 5.72. The Balaban J connectivity index is 1.26. The van der Waals surface area contributed by atoms with Crippen LogP contribution in [0.2, 0.25) is 0 Å². The molecule has 5 nitrogen and oxygen atoms in total. The van der Waals surface area contributed by atoms with E-state index in [1.54, 1.807) is 6.20 Å². The smallest absolute Gasteiger partial charge is 0.303 e. The summed E-state index contributed by atoms with van der Waals surface area (Å²) in [5.74, 6) is -0.741. The van der Waals surface area contributed by atoms with Crippen molar-refractivity contribution >= 4 is 28.2 Å². The van der Waals surface area contributed by atoms with E-state index >= 15 is 0 Å². The number of anilines is 2. The Bertz CT molecular complexity index is 1160. The predicted molar refractivity (Wildman–Crippen MR) is 129 cm³/mol. The molecule has 2 heterocycles. The first-order chi connectivity index (χ1) is 15.7. The lowest BCUT2D eigenvalue weighted by atomic mass is 10.0. The van der Waals surface area contributed by atoms with Gasteiger partial charge in [0.15, 0.2) is 0 Å². The number of benzene rings is 2. The maximum absolute atomic E-state index is 10.6. The maximum atomic E-state index is 10.6. The number of hydrogen-bond acceptors (Lipinski definition) is 3. The number of aryl methyl sites for hydroxylation is 3. The van der Waals surface area contributed by atoms with Crippen molar-refractivity contribution in [3.05, 3.63) is 89.9 Å². The van der Waals surface area contributed by atoms with Crippen LogP contribution in [-0.4, -0.2) is 21.0 Å². The second-order valence-corrected chi connectivity index (χ2v) is 8.17. The molecule has 32 heavy (non-hydrogen) atoms. The molecule has 4 rings (SSSR count). The van der Waals surface area contributed by atoms with Crippen molar-refractivity contribution in [3.8, 4) is 0 Å². The summed E-state index contributed by atoms with van der Waals surface area (Å²) in [7, 11) is 0. The van der Waals surface area contributed by atoms with Gasteiger partial charge in [-0.05, 0) is 80.0 Å². The molecule has 0 bridgehead atoms. The minimum Gasteiger partial charge on any atom is -0.481 e. The summed E-state index contributed by atoms with van der Waals surface area (Å²) < 4.78 is 0. The number of unbranched alkanes of at least 4 members (excludes halogenated alkanes) is 1. The number of aliphatic carboxylic acids is 1. The molecule has 0 aliphatic heterocycles. The van der Waals surface area contributed by atoms with Crippen LogP contribution in [0.25, 0.3) is 10.9 Å². The van der Waals surface area contributed by atoms with Gasteiger partial charge in [-0.15, -0.1) is 0 Å². The molecule has 0 amide bonds. The number of para-hydroxylation sites is 1.